The minimum Gasteiger partial charge on any atom is -0.388 e. The number of aliphatic hydroxyl groups is 1. The summed E-state index contributed by atoms with van der Waals surface area (Å²) in [6.45, 7) is 3.98. The van der Waals surface area contributed by atoms with Crippen molar-refractivity contribution >= 4 is 28.8 Å². The summed E-state index contributed by atoms with van der Waals surface area (Å²) >= 11 is 1.51. The van der Waals surface area contributed by atoms with Gasteiger partial charge in [0.05, 0.1) is 6.10 Å². The van der Waals surface area contributed by atoms with E-state index < -0.39 is 17.9 Å². The molecule has 0 radical (unpaired) electrons. The predicted octanol–water partition coefficient (Wildman–Crippen LogP) is 2.54. The Balaban J connectivity index is 1.82. The highest BCUT2D eigenvalue weighted by atomic mass is 32.1. The fourth-order valence-electron chi connectivity index (χ4n) is 2.22. The molecular formula is C17H20N2O3S. The summed E-state index contributed by atoms with van der Waals surface area (Å²) in [4.78, 5) is 23.8. The second kappa shape index (κ2) is 7.89. The van der Waals surface area contributed by atoms with E-state index in [4.69, 9.17) is 0 Å². The van der Waals surface area contributed by atoms with Crippen LogP contribution in [0.3, 0.4) is 0 Å². The Labute approximate surface area is 139 Å². The molecule has 1 atom stereocenters. The summed E-state index contributed by atoms with van der Waals surface area (Å²) in [6, 6.07) is 7.48. The van der Waals surface area contributed by atoms with E-state index in [9.17, 15) is 14.7 Å². The summed E-state index contributed by atoms with van der Waals surface area (Å²) < 4.78 is 0. The topological polar surface area (TPSA) is 78.4 Å². The molecule has 0 bridgehead atoms. The predicted molar refractivity (Wildman–Crippen MR) is 91.5 cm³/mol. The molecule has 0 fully saturated rings. The van der Waals surface area contributed by atoms with E-state index in [0.29, 0.717) is 12.1 Å². The molecule has 2 amide bonds. The van der Waals surface area contributed by atoms with Crippen molar-refractivity contribution < 1.29 is 14.7 Å². The van der Waals surface area contributed by atoms with Crippen LogP contribution in [-0.4, -0.2) is 23.5 Å². The summed E-state index contributed by atoms with van der Waals surface area (Å²) in [5.74, 6) is -1.41. The van der Waals surface area contributed by atoms with Gasteiger partial charge in [-0.15, -0.1) is 0 Å². The SMILES string of the molecule is Cc1cccc(C)c1NC(=O)C(=O)NCCC(O)c1ccsc1. The number of rotatable bonds is 5. The average molecular weight is 332 g/mol. The van der Waals surface area contributed by atoms with Crippen LogP contribution in [0.2, 0.25) is 0 Å². The maximum atomic E-state index is 11.9. The summed E-state index contributed by atoms with van der Waals surface area (Å²) in [5, 5.41) is 18.8. The Kier molecular flexibility index (Phi) is 5.90. The van der Waals surface area contributed by atoms with Crippen molar-refractivity contribution in [3.05, 3.63) is 51.7 Å². The van der Waals surface area contributed by atoms with Gasteiger partial charge in [-0.3, -0.25) is 9.59 Å². The van der Waals surface area contributed by atoms with Gasteiger partial charge in [0, 0.05) is 12.2 Å². The van der Waals surface area contributed by atoms with Gasteiger partial charge >= 0.3 is 11.8 Å². The van der Waals surface area contributed by atoms with E-state index in [2.05, 4.69) is 10.6 Å². The number of aliphatic hydroxyl groups excluding tert-OH is 1. The monoisotopic (exact) mass is 332 g/mol. The van der Waals surface area contributed by atoms with Crippen LogP contribution >= 0.6 is 11.3 Å². The van der Waals surface area contributed by atoms with Gasteiger partial charge in [0.25, 0.3) is 0 Å². The molecule has 0 aliphatic rings. The van der Waals surface area contributed by atoms with Gasteiger partial charge in [-0.2, -0.15) is 11.3 Å². The molecular weight excluding hydrogens is 312 g/mol. The van der Waals surface area contributed by atoms with Crippen molar-refractivity contribution in [1.29, 1.82) is 0 Å². The Hall–Kier alpha value is -2.18. The number of amides is 2. The number of para-hydroxylation sites is 1. The molecule has 1 unspecified atom stereocenters. The van der Waals surface area contributed by atoms with Crippen LogP contribution in [0.15, 0.2) is 35.0 Å². The average Bonchev–Trinajstić information content (AvgIpc) is 3.05. The van der Waals surface area contributed by atoms with Crippen LogP contribution in [0.1, 0.15) is 29.2 Å². The molecule has 2 aromatic rings. The zero-order chi connectivity index (χ0) is 16.8. The van der Waals surface area contributed by atoms with Crippen molar-refractivity contribution in [2.75, 3.05) is 11.9 Å². The van der Waals surface area contributed by atoms with Gasteiger partial charge in [0.2, 0.25) is 0 Å². The number of carbonyl (C=O) groups is 2. The molecule has 5 nitrogen and oxygen atoms in total. The molecule has 0 aliphatic heterocycles. The highest BCUT2D eigenvalue weighted by Crippen LogP contribution is 2.20. The van der Waals surface area contributed by atoms with Crippen LogP contribution in [0.25, 0.3) is 0 Å². The number of aryl methyl sites for hydroxylation is 2. The molecule has 1 aromatic heterocycles. The fraction of sp³-hybridized carbons (Fsp3) is 0.294. The van der Waals surface area contributed by atoms with Gasteiger partial charge in [0.1, 0.15) is 0 Å². The molecule has 23 heavy (non-hydrogen) atoms. The van der Waals surface area contributed by atoms with Crippen LogP contribution in [0, 0.1) is 13.8 Å². The first-order valence-corrected chi connectivity index (χ1v) is 8.29. The highest BCUT2D eigenvalue weighted by molar-refractivity contribution is 7.07. The lowest BCUT2D eigenvalue weighted by Gasteiger charge is -2.12. The van der Waals surface area contributed by atoms with Crippen molar-refractivity contribution in [3.63, 3.8) is 0 Å². The maximum absolute atomic E-state index is 11.9. The molecule has 0 aliphatic carbocycles. The summed E-state index contributed by atoms with van der Waals surface area (Å²) in [7, 11) is 0. The third-order valence-corrected chi connectivity index (χ3v) is 4.26. The lowest BCUT2D eigenvalue weighted by molar-refractivity contribution is -0.136. The normalized spacial score (nSPS) is 11.8. The minimum atomic E-state index is -0.704. The van der Waals surface area contributed by atoms with Crippen molar-refractivity contribution in [3.8, 4) is 0 Å². The van der Waals surface area contributed by atoms with Crippen molar-refractivity contribution in [1.82, 2.24) is 5.32 Å². The van der Waals surface area contributed by atoms with Gasteiger partial charge in [-0.1, -0.05) is 18.2 Å². The Morgan fingerprint density at radius 1 is 1.17 bits per heavy atom. The molecule has 1 heterocycles. The van der Waals surface area contributed by atoms with Crippen molar-refractivity contribution in [2.45, 2.75) is 26.4 Å². The van der Waals surface area contributed by atoms with Crippen LogP contribution < -0.4 is 10.6 Å². The van der Waals surface area contributed by atoms with E-state index in [-0.39, 0.29) is 6.54 Å². The molecule has 1 aromatic carbocycles. The second-order valence-electron chi connectivity index (χ2n) is 5.34. The van der Waals surface area contributed by atoms with Crippen molar-refractivity contribution in [2.24, 2.45) is 0 Å². The largest absolute Gasteiger partial charge is 0.388 e. The summed E-state index contributed by atoms with van der Waals surface area (Å²) in [6.07, 6.45) is -0.276. The van der Waals surface area contributed by atoms with E-state index in [1.165, 1.54) is 11.3 Å². The molecule has 2 rings (SSSR count). The van der Waals surface area contributed by atoms with Gasteiger partial charge < -0.3 is 15.7 Å². The number of carbonyl (C=O) groups excluding carboxylic acids is 2. The molecule has 3 N–H and O–H groups in total. The molecule has 0 spiro atoms. The van der Waals surface area contributed by atoms with Crippen LogP contribution in [0.4, 0.5) is 5.69 Å². The lowest BCUT2D eigenvalue weighted by atomic mass is 10.1. The van der Waals surface area contributed by atoms with E-state index in [0.717, 1.165) is 16.7 Å². The Bertz CT molecular complexity index is 663. The zero-order valence-corrected chi connectivity index (χ0v) is 13.9. The first-order valence-electron chi connectivity index (χ1n) is 7.34. The van der Waals surface area contributed by atoms with Crippen LogP contribution in [0.5, 0.6) is 0 Å². The first kappa shape index (κ1) is 17.2. The number of thiophene rings is 1. The summed E-state index contributed by atoms with van der Waals surface area (Å²) in [5.41, 5.74) is 3.29. The fourth-order valence-corrected chi connectivity index (χ4v) is 2.92. The number of benzene rings is 1. The quantitative estimate of drug-likeness (QED) is 0.736. The lowest BCUT2D eigenvalue weighted by Crippen LogP contribution is -2.36. The van der Waals surface area contributed by atoms with E-state index in [1.807, 2.05) is 48.9 Å². The smallest absolute Gasteiger partial charge is 0.313 e. The zero-order valence-electron chi connectivity index (χ0n) is 13.1. The van der Waals surface area contributed by atoms with E-state index in [1.54, 1.807) is 0 Å². The molecule has 0 saturated carbocycles. The third-order valence-electron chi connectivity index (χ3n) is 3.56. The number of nitrogens with one attached hydrogen (secondary N) is 2. The number of hydrogen-bond acceptors (Lipinski definition) is 4. The molecule has 6 heteroatoms. The van der Waals surface area contributed by atoms with Crippen LogP contribution in [-0.2, 0) is 9.59 Å². The molecule has 0 saturated heterocycles. The molecule has 122 valence electrons. The standard InChI is InChI=1S/C17H20N2O3S/c1-11-4-3-5-12(2)15(11)19-17(22)16(21)18-8-6-14(20)13-7-9-23-10-13/h3-5,7,9-10,14,20H,6,8H2,1-2H3,(H,18,21)(H,19,22). The maximum Gasteiger partial charge on any atom is 0.313 e. The Morgan fingerprint density at radius 3 is 2.48 bits per heavy atom. The highest BCUT2D eigenvalue weighted by Gasteiger charge is 2.16. The van der Waals surface area contributed by atoms with Gasteiger partial charge in [-0.05, 0) is 53.8 Å². The first-order chi connectivity index (χ1) is 11.0. The third kappa shape index (κ3) is 4.64. The van der Waals surface area contributed by atoms with E-state index >= 15 is 0 Å². The number of hydrogen-bond donors (Lipinski definition) is 3. The second-order valence-corrected chi connectivity index (χ2v) is 6.12. The Morgan fingerprint density at radius 2 is 1.87 bits per heavy atom. The minimum absolute atomic E-state index is 0.232. The number of anilines is 1. The van der Waals surface area contributed by atoms with Gasteiger partial charge in [0.15, 0.2) is 0 Å². The van der Waals surface area contributed by atoms with Gasteiger partial charge in [-0.25, -0.2) is 0 Å².